The number of aryl methyl sites for hydroxylation is 1. The molecule has 3 N–H and O–H groups in total. The van der Waals surface area contributed by atoms with Crippen LogP contribution in [0.3, 0.4) is 0 Å². The molecule has 0 fully saturated rings. The number of benzene rings is 1. The largest absolute Gasteiger partial charge is 0.504 e. The zero-order chi connectivity index (χ0) is 16.2. The zero-order valence-electron chi connectivity index (χ0n) is 12.8. The Morgan fingerprint density at radius 1 is 1.52 bits per heavy atom. The van der Waals surface area contributed by atoms with Crippen LogP contribution in [0.2, 0.25) is 0 Å². The number of nitrogens with zero attached hydrogens (tertiary/aromatic N) is 2. The molecule has 0 unspecified atom stereocenters. The molecule has 7 heteroatoms. The summed E-state index contributed by atoms with van der Waals surface area (Å²) < 4.78 is 5.30. The number of hydrogen-bond donors (Lipinski definition) is 3. The van der Waals surface area contributed by atoms with Gasteiger partial charge >= 0.3 is 0 Å². The lowest BCUT2D eigenvalue weighted by Crippen LogP contribution is -2.19. The lowest BCUT2D eigenvalue weighted by Gasteiger charge is -2.06. The highest BCUT2D eigenvalue weighted by Crippen LogP contribution is 2.26. The topological polar surface area (TPSA) is 99.6 Å². The van der Waals surface area contributed by atoms with E-state index in [4.69, 9.17) is 4.74 Å². The number of phenolic OH excluding ortho intramolecular Hbond substituents is 1. The summed E-state index contributed by atoms with van der Waals surface area (Å²) in [6.07, 6.45) is 4.34. The van der Waals surface area contributed by atoms with Crippen molar-refractivity contribution in [2.45, 2.75) is 26.2 Å². The van der Waals surface area contributed by atoms with E-state index in [0.29, 0.717) is 23.6 Å². The molecule has 0 bridgehead atoms. The van der Waals surface area contributed by atoms with Gasteiger partial charge in [0.2, 0.25) is 0 Å². The molecule has 1 aliphatic carbocycles. The minimum absolute atomic E-state index is 0.0696. The van der Waals surface area contributed by atoms with E-state index in [1.54, 1.807) is 12.1 Å². The van der Waals surface area contributed by atoms with Crippen molar-refractivity contribution in [2.24, 2.45) is 5.10 Å². The summed E-state index contributed by atoms with van der Waals surface area (Å²) in [5.74, 6) is 0.123. The second kappa shape index (κ2) is 6.51. The first-order valence-corrected chi connectivity index (χ1v) is 7.54. The van der Waals surface area contributed by atoms with Gasteiger partial charge in [0, 0.05) is 11.3 Å². The summed E-state index contributed by atoms with van der Waals surface area (Å²) >= 11 is 0. The minimum atomic E-state index is -0.329. The number of carbonyl (C=O) groups excluding carboxylic acids is 1. The van der Waals surface area contributed by atoms with Gasteiger partial charge in [0.15, 0.2) is 17.2 Å². The van der Waals surface area contributed by atoms with Crippen LogP contribution < -0.4 is 10.2 Å². The molecule has 1 aromatic heterocycles. The van der Waals surface area contributed by atoms with E-state index in [1.807, 2.05) is 6.92 Å². The molecule has 1 aromatic carbocycles. The van der Waals surface area contributed by atoms with E-state index >= 15 is 0 Å². The molecule has 23 heavy (non-hydrogen) atoms. The number of fused-ring (bicyclic) bond motifs is 1. The first-order valence-electron chi connectivity index (χ1n) is 7.54. The Morgan fingerprint density at radius 3 is 3.22 bits per heavy atom. The fourth-order valence-electron chi connectivity index (χ4n) is 2.61. The van der Waals surface area contributed by atoms with Crippen molar-refractivity contribution in [1.82, 2.24) is 15.6 Å². The molecule has 1 heterocycles. The quantitative estimate of drug-likeness (QED) is 0.578. The number of hydrazone groups is 1. The fourth-order valence-corrected chi connectivity index (χ4v) is 2.61. The van der Waals surface area contributed by atoms with Crippen molar-refractivity contribution < 1.29 is 14.6 Å². The maximum Gasteiger partial charge on any atom is 0.292 e. The van der Waals surface area contributed by atoms with Crippen molar-refractivity contribution in [1.29, 1.82) is 0 Å². The summed E-state index contributed by atoms with van der Waals surface area (Å²) in [4.78, 5) is 12.1. The van der Waals surface area contributed by atoms with Crippen LogP contribution >= 0.6 is 0 Å². The number of carbonyl (C=O) groups is 1. The molecule has 3 rings (SSSR count). The number of amides is 1. The third kappa shape index (κ3) is 3.18. The summed E-state index contributed by atoms with van der Waals surface area (Å²) in [6, 6.07) is 4.86. The predicted octanol–water partition coefficient (Wildman–Crippen LogP) is 1.77. The molecule has 120 valence electrons. The number of ether oxygens (including phenoxy) is 1. The zero-order valence-corrected chi connectivity index (χ0v) is 12.8. The Kier molecular flexibility index (Phi) is 4.27. The second-order valence-corrected chi connectivity index (χ2v) is 5.24. The Bertz CT molecular complexity index is 752. The van der Waals surface area contributed by atoms with Gasteiger partial charge in [0.1, 0.15) is 0 Å². The van der Waals surface area contributed by atoms with E-state index in [1.165, 1.54) is 12.3 Å². The summed E-state index contributed by atoms with van der Waals surface area (Å²) in [6.45, 7) is 2.29. The highest BCUT2D eigenvalue weighted by atomic mass is 16.5. The number of H-pyrrole nitrogens is 1. The maximum absolute atomic E-state index is 12.1. The van der Waals surface area contributed by atoms with Gasteiger partial charge in [-0.25, -0.2) is 5.43 Å². The van der Waals surface area contributed by atoms with Crippen LogP contribution in [0.15, 0.2) is 23.3 Å². The van der Waals surface area contributed by atoms with Gasteiger partial charge in [0.05, 0.1) is 12.8 Å². The van der Waals surface area contributed by atoms with Crippen molar-refractivity contribution in [3.63, 3.8) is 0 Å². The molecule has 0 atom stereocenters. The van der Waals surface area contributed by atoms with E-state index in [9.17, 15) is 9.90 Å². The van der Waals surface area contributed by atoms with Gasteiger partial charge in [0.25, 0.3) is 5.91 Å². The lowest BCUT2D eigenvalue weighted by molar-refractivity contribution is 0.0949. The highest BCUT2D eigenvalue weighted by molar-refractivity contribution is 5.94. The van der Waals surface area contributed by atoms with Gasteiger partial charge in [-0.15, -0.1) is 0 Å². The van der Waals surface area contributed by atoms with Crippen LogP contribution in [-0.4, -0.2) is 34.0 Å². The third-order valence-corrected chi connectivity index (χ3v) is 3.68. The number of hydrogen-bond acceptors (Lipinski definition) is 5. The summed E-state index contributed by atoms with van der Waals surface area (Å²) in [5.41, 5.74) is 5.62. The van der Waals surface area contributed by atoms with E-state index in [2.05, 4.69) is 20.7 Å². The average Bonchev–Trinajstić information content (AvgIpc) is 3.13. The Hall–Kier alpha value is -2.83. The number of aromatic nitrogens is 2. The van der Waals surface area contributed by atoms with Crippen LogP contribution in [0.4, 0.5) is 0 Å². The number of aromatic amines is 1. The van der Waals surface area contributed by atoms with Crippen molar-refractivity contribution in [3.8, 4) is 11.5 Å². The first kappa shape index (κ1) is 15.1. The van der Waals surface area contributed by atoms with Gasteiger partial charge in [-0.05, 0) is 49.9 Å². The Labute approximate surface area is 133 Å². The molecule has 0 radical (unpaired) electrons. The summed E-state index contributed by atoms with van der Waals surface area (Å²) in [5, 5.41) is 20.5. The Morgan fingerprint density at radius 2 is 2.39 bits per heavy atom. The third-order valence-electron chi connectivity index (χ3n) is 3.68. The van der Waals surface area contributed by atoms with Crippen LogP contribution in [-0.2, 0) is 12.8 Å². The van der Waals surface area contributed by atoms with E-state index in [0.717, 1.165) is 30.5 Å². The monoisotopic (exact) mass is 314 g/mol. The smallest absolute Gasteiger partial charge is 0.292 e. The lowest BCUT2D eigenvalue weighted by atomic mass is 10.2. The molecule has 2 aromatic rings. The molecule has 0 aliphatic heterocycles. The number of phenols is 1. The maximum atomic E-state index is 12.1. The fraction of sp³-hybridized carbons (Fsp3) is 0.312. The van der Waals surface area contributed by atoms with E-state index < -0.39 is 0 Å². The predicted molar refractivity (Wildman–Crippen MR) is 84.9 cm³/mol. The van der Waals surface area contributed by atoms with Gasteiger partial charge in [-0.3, -0.25) is 9.89 Å². The molecule has 0 spiro atoms. The molecular weight excluding hydrogens is 296 g/mol. The SMILES string of the molecule is CCOc1cc(C=NNC(=O)c2n[nH]c3c2CCC3)ccc1O. The molecule has 1 amide bonds. The Balaban J connectivity index is 1.66. The normalized spacial score (nSPS) is 13.3. The molecule has 0 saturated carbocycles. The molecule has 1 aliphatic rings. The van der Waals surface area contributed by atoms with Crippen LogP contribution in [0.25, 0.3) is 0 Å². The second-order valence-electron chi connectivity index (χ2n) is 5.24. The van der Waals surface area contributed by atoms with Crippen LogP contribution in [0.1, 0.15) is 40.7 Å². The minimum Gasteiger partial charge on any atom is -0.504 e. The average molecular weight is 314 g/mol. The van der Waals surface area contributed by atoms with Crippen molar-refractivity contribution in [3.05, 3.63) is 40.7 Å². The standard InChI is InChI=1S/C16H18N4O3/c1-2-23-14-8-10(6-7-13(14)21)9-17-20-16(22)15-11-4-3-5-12(11)18-19-15/h6-9,21H,2-5H2,1H3,(H,18,19)(H,20,22). The first-order chi connectivity index (χ1) is 11.2. The van der Waals surface area contributed by atoms with Crippen molar-refractivity contribution in [2.75, 3.05) is 6.61 Å². The highest BCUT2D eigenvalue weighted by Gasteiger charge is 2.22. The number of nitrogens with one attached hydrogen (secondary N) is 2. The van der Waals surface area contributed by atoms with Gasteiger partial charge in [-0.2, -0.15) is 10.2 Å². The van der Waals surface area contributed by atoms with Gasteiger partial charge < -0.3 is 9.84 Å². The number of rotatable bonds is 5. The van der Waals surface area contributed by atoms with Crippen molar-refractivity contribution >= 4 is 12.1 Å². The summed E-state index contributed by atoms with van der Waals surface area (Å²) in [7, 11) is 0. The van der Waals surface area contributed by atoms with Crippen LogP contribution in [0, 0.1) is 0 Å². The molecule has 0 saturated heterocycles. The van der Waals surface area contributed by atoms with Crippen LogP contribution in [0.5, 0.6) is 11.5 Å². The number of aromatic hydroxyl groups is 1. The molecule has 7 nitrogen and oxygen atoms in total. The molecular formula is C16H18N4O3. The van der Waals surface area contributed by atoms with E-state index in [-0.39, 0.29) is 11.7 Å². The van der Waals surface area contributed by atoms with Gasteiger partial charge in [-0.1, -0.05) is 0 Å².